The Morgan fingerprint density at radius 1 is 0.547 bits per heavy atom. The van der Waals surface area contributed by atoms with Crippen LogP contribution in [0.5, 0.6) is 17.2 Å². The molecule has 2 fully saturated rings. The number of aryl methyl sites for hydroxylation is 4. The number of rotatable bonds is 16. The van der Waals surface area contributed by atoms with Crippen LogP contribution in [0.1, 0.15) is 82.7 Å². The van der Waals surface area contributed by atoms with Crippen molar-refractivity contribution in [3.05, 3.63) is 170 Å². The minimum atomic E-state index is -5.02. The number of thiazole rings is 2. The van der Waals surface area contributed by atoms with Gasteiger partial charge in [-0.2, -0.15) is 39.5 Å². The monoisotopic (exact) mass is 1230 g/mol. The van der Waals surface area contributed by atoms with Gasteiger partial charge in [0.15, 0.2) is 10.3 Å². The topological polar surface area (TPSA) is 103 Å². The molecule has 0 atom stereocenters. The van der Waals surface area contributed by atoms with E-state index in [1.807, 2.05) is 67.9 Å². The Morgan fingerprint density at radius 3 is 1.49 bits per heavy atom. The smallest absolute Gasteiger partial charge is 0.417 e. The van der Waals surface area contributed by atoms with E-state index in [4.69, 9.17) is 28.9 Å². The summed E-state index contributed by atoms with van der Waals surface area (Å²) in [6, 6.07) is 26.8. The van der Waals surface area contributed by atoms with Crippen LogP contribution >= 0.6 is 22.7 Å². The Hall–Kier alpha value is -7.91. The number of esters is 2. The lowest BCUT2D eigenvalue weighted by atomic mass is 9.94. The van der Waals surface area contributed by atoms with Crippen LogP contribution in [0.2, 0.25) is 0 Å². The van der Waals surface area contributed by atoms with Crippen LogP contribution in [-0.4, -0.2) is 55.2 Å². The van der Waals surface area contributed by atoms with Crippen LogP contribution in [0.15, 0.2) is 120 Å². The first-order chi connectivity index (χ1) is 40.9. The maximum Gasteiger partial charge on any atom is 0.417 e. The molecule has 6 aromatic carbocycles. The van der Waals surface area contributed by atoms with Crippen LogP contribution in [0.4, 0.5) is 49.8 Å². The molecule has 2 aliphatic heterocycles. The van der Waals surface area contributed by atoms with Gasteiger partial charge in [-0.1, -0.05) is 73.2 Å². The van der Waals surface area contributed by atoms with Crippen LogP contribution in [0, 0.1) is 32.6 Å². The van der Waals surface area contributed by atoms with Gasteiger partial charge in [0.25, 0.3) is 0 Å². The number of benzene rings is 6. The summed E-state index contributed by atoms with van der Waals surface area (Å²) in [6.45, 7) is 9.82. The van der Waals surface area contributed by atoms with Crippen LogP contribution in [0.25, 0.3) is 44.8 Å². The highest BCUT2D eigenvalue weighted by Crippen LogP contribution is 2.44. The lowest BCUT2D eigenvalue weighted by molar-refractivity contribution is -0.166. The average molecular weight is 1230 g/mol. The molecule has 0 N–H and O–H groups in total. The molecule has 86 heavy (non-hydrogen) atoms. The number of alkyl halides is 9. The summed E-state index contributed by atoms with van der Waals surface area (Å²) >= 11 is 2.92. The molecule has 21 heteroatoms. The van der Waals surface area contributed by atoms with Crippen LogP contribution in [-0.2, 0) is 52.5 Å². The van der Waals surface area contributed by atoms with Gasteiger partial charge in [-0.05, 0) is 151 Å². The van der Waals surface area contributed by atoms with E-state index in [0.29, 0.717) is 97.5 Å². The summed E-state index contributed by atoms with van der Waals surface area (Å²) in [6.07, 6.45) is -11.9. The SMILES string of the molecule is CCc1ccc(OCc2ccc(-c3ccc(C(F)(F)F)cc3C(F)(F)F)cc2C)c(-c2csc(N3CCC(C(=O)OC(=O)C4CCN(c5nc(-c6cc(C)ccc6OCc6ccc(-c7ccc(OC)cc7C(F)(F)F)cc6C)cs5)CC4)CC3)n2)c1. The van der Waals surface area contributed by atoms with Crippen molar-refractivity contribution in [1.29, 1.82) is 0 Å². The zero-order chi connectivity index (χ0) is 61.2. The number of ether oxygens (including phenoxy) is 4. The number of hydrogen-bond acceptors (Lipinski definition) is 12. The van der Waals surface area contributed by atoms with Gasteiger partial charge in [-0.3, -0.25) is 9.59 Å². The van der Waals surface area contributed by atoms with Gasteiger partial charge in [-0.15, -0.1) is 22.7 Å². The maximum absolute atomic E-state index is 14.0. The average Bonchev–Trinajstić information content (AvgIpc) is 2.28. The van der Waals surface area contributed by atoms with Crippen molar-refractivity contribution in [2.75, 3.05) is 43.1 Å². The predicted molar refractivity (Wildman–Crippen MR) is 314 cm³/mol. The van der Waals surface area contributed by atoms with E-state index in [2.05, 4.69) is 9.80 Å². The van der Waals surface area contributed by atoms with Crippen molar-refractivity contribution in [3.63, 3.8) is 0 Å². The predicted octanol–water partition coefficient (Wildman–Crippen LogP) is 17.2. The zero-order valence-corrected chi connectivity index (χ0v) is 49.1. The lowest BCUT2D eigenvalue weighted by Crippen LogP contribution is -2.40. The number of anilines is 2. The molecule has 2 saturated heterocycles. The Balaban J connectivity index is 0.706. The molecule has 2 aromatic heterocycles. The lowest BCUT2D eigenvalue weighted by Gasteiger charge is -2.32. The summed E-state index contributed by atoms with van der Waals surface area (Å²) in [7, 11) is 1.33. The standard InChI is InChI=1S/C65H59F9N4O6S2/c1-6-40-8-18-58(83-34-46-11-9-43(28-38(46)3)49-15-13-47(63(66,67)68)31-53(49)64(69,70)71)52(30-40)56-36-86-62(76-56)78-25-21-42(22-26-78)60(80)84-59(79)41-19-23-77(24-20-41)61-75-55(35-85-61)51-27-37(2)7-17-57(51)82-33-45-12-10-44(29-39(45)4)50-16-14-48(81-5)32-54(50)65(72,73)74/h7-18,27-32,35-36,41-42H,6,19-26,33-34H2,1-5H3. The van der Waals surface area contributed by atoms with E-state index >= 15 is 0 Å². The highest BCUT2D eigenvalue weighted by Gasteiger charge is 2.39. The third-order valence-corrected chi connectivity index (χ3v) is 17.6. The van der Waals surface area contributed by atoms with Gasteiger partial charge in [0.05, 0.1) is 47.0 Å². The van der Waals surface area contributed by atoms with Crippen molar-refractivity contribution in [1.82, 2.24) is 9.97 Å². The molecule has 0 spiro atoms. The fraction of sp³-hybridized carbons (Fsp3) is 0.323. The number of aromatic nitrogens is 2. The second-order valence-electron chi connectivity index (χ2n) is 21.5. The first-order valence-corrected chi connectivity index (χ1v) is 29.6. The largest absolute Gasteiger partial charge is 0.497 e. The first-order valence-electron chi connectivity index (χ1n) is 27.8. The van der Waals surface area contributed by atoms with E-state index in [1.54, 1.807) is 31.2 Å². The Labute approximate surface area is 499 Å². The molecule has 0 unspecified atom stereocenters. The van der Waals surface area contributed by atoms with Gasteiger partial charge in [0, 0.05) is 48.1 Å². The molecule has 4 heterocycles. The fourth-order valence-corrected chi connectivity index (χ4v) is 12.5. The molecule has 0 amide bonds. The Morgan fingerprint density at radius 2 is 1.02 bits per heavy atom. The van der Waals surface area contributed by atoms with Gasteiger partial charge in [0.1, 0.15) is 30.5 Å². The summed E-state index contributed by atoms with van der Waals surface area (Å²) in [5, 5.41) is 5.40. The summed E-state index contributed by atoms with van der Waals surface area (Å²) < 4.78 is 147. The number of nitrogens with zero attached hydrogens (tertiary/aromatic N) is 4. The summed E-state index contributed by atoms with van der Waals surface area (Å²) in [4.78, 5) is 41.1. The molecule has 0 radical (unpaired) electrons. The minimum Gasteiger partial charge on any atom is -0.497 e. The number of hydrogen-bond donors (Lipinski definition) is 0. The van der Waals surface area contributed by atoms with E-state index in [-0.39, 0.29) is 41.7 Å². The molecule has 0 bridgehead atoms. The molecule has 450 valence electrons. The van der Waals surface area contributed by atoms with Crippen LogP contribution in [0.3, 0.4) is 0 Å². The molecule has 10 nitrogen and oxygen atoms in total. The quantitative estimate of drug-likeness (QED) is 0.0528. The maximum atomic E-state index is 14.0. The zero-order valence-electron chi connectivity index (χ0n) is 47.4. The van der Waals surface area contributed by atoms with Gasteiger partial charge in [-0.25, -0.2) is 9.97 Å². The van der Waals surface area contributed by atoms with Crippen LogP contribution < -0.4 is 24.0 Å². The molecule has 10 rings (SSSR count). The van der Waals surface area contributed by atoms with E-state index in [1.165, 1.54) is 54.0 Å². The van der Waals surface area contributed by atoms with Gasteiger partial charge in [0.2, 0.25) is 0 Å². The summed E-state index contributed by atoms with van der Waals surface area (Å²) in [5.74, 6) is -0.753. The summed E-state index contributed by atoms with van der Waals surface area (Å²) in [5.41, 5.74) is 4.44. The fourth-order valence-electron chi connectivity index (χ4n) is 10.7. The number of carbonyl (C=O) groups is 2. The van der Waals surface area contributed by atoms with Crippen molar-refractivity contribution in [2.45, 2.75) is 91.5 Å². The van der Waals surface area contributed by atoms with Crippen molar-refractivity contribution >= 4 is 44.9 Å². The van der Waals surface area contributed by atoms with Crippen molar-refractivity contribution in [2.24, 2.45) is 11.8 Å². The molecular weight excluding hydrogens is 1170 g/mol. The molecule has 2 aliphatic rings. The molecule has 0 saturated carbocycles. The first kappa shape index (κ1) is 61.2. The van der Waals surface area contributed by atoms with E-state index in [0.717, 1.165) is 62.2 Å². The van der Waals surface area contributed by atoms with Gasteiger partial charge >= 0.3 is 30.5 Å². The molecular formula is C65H59F9N4O6S2. The van der Waals surface area contributed by atoms with E-state index < -0.39 is 59.0 Å². The Kier molecular flexibility index (Phi) is 17.9. The van der Waals surface area contributed by atoms with Gasteiger partial charge < -0.3 is 28.7 Å². The number of carbonyl (C=O) groups excluding carboxylic acids is 2. The van der Waals surface area contributed by atoms with Crippen molar-refractivity contribution in [3.8, 4) is 62.0 Å². The highest BCUT2D eigenvalue weighted by molar-refractivity contribution is 7.14. The minimum absolute atomic E-state index is 0.0498. The Bertz CT molecular complexity index is 3780. The van der Waals surface area contributed by atoms with Crippen molar-refractivity contribution < 1.29 is 68.1 Å². The number of methoxy groups -OCH3 is 1. The van der Waals surface area contributed by atoms with E-state index in [9.17, 15) is 49.1 Å². The number of piperidine rings is 2. The highest BCUT2D eigenvalue weighted by atomic mass is 32.1. The number of halogens is 9. The second kappa shape index (κ2) is 25.2. The third kappa shape index (κ3) is 13.8. The molecule has 0 aliphatic carbocycles. The normalized spacial score (nSPS) is 14.6. The second-order valence-corrected chi connectivity index (χ2v) is 23.2. The molecule has 8 aromatic rings. The third-order valence-electron chi connectivity index (χ3n) is 15.8.